The Morgan fingerprint density at radius 3 is 2.65 bits per heavy atom. The molecule has 0 aromatic carbocycles. The number of carbonyl (C=O) groups excluding carboxylic acids is 1. The van der Waals surface area contributed by atoms with E-state index in [0.29, 0.717) is 0 Å². The summed E-state index contributed by atoms with van der Waals surface area (Å²) in [6.07, 6.45) is 1.42. The summed E-state index contributed by atoms with van der Waals surface area (Å²) in [5.74, 6) is -0.315. The Hall–Kier alpha value is -1.14. The predicted molar refractivity (Wildman–Crippen MR) is 61.9 cm³/mol. The number of halogens is 1. The molecular weight excluding hydrogens is 264 g/mol. The number of aromatic nitrogens is 1. The van der Waals surface area contributed by atoms with E-state index < -0.39 is 10.0 Å². The number of hydrogen-bond donors (Lipinski definition) is 0. The van der Waals surface area contributed by atoms with E-state index in [0.717, 1.165) is 10.5 Å². The van der Waals surface area contributed by atoms with Crippen LogP contribution in [0.2, 0.25) is 5.15 Å². The Morgan fingerprint density at radius 2 is 2.18 bits per heavy atom. The second kappa shape index (κ2) is 4.27. The Bertz CT molecular complexity index is 541. The monoisotopic (exact) mass is 274 g/mol. The van der Waals surface area contributed by atoms with E-state index in [1.54, 1.807) is 0 Å². The molecule has 0 N–H and O–H groups in total. The van der Waals surface area contributed by atoms with Gasteiger partial charge in [-0.15, -0.1) is 0 Å². The van der Waals surface area contributed by atoms with Gasteiger partial charge in [0, 0.05) is 19.2 Å². The van der Waals surface area contributed by atoms with Crippen molar-refractivity contribution >= 4 is 27.5 Å². The van der Waals surface area contributed by atoms with Gasteiger partial charge in [0.25, 0.3) is 10.0 Å². The molecule has 0 radical (unpaired) electrons. The smallest absolute Gasteiger partial charge is 0.268 e. The number of carbonyl (C=O) groups is 1. The molecule has 2 heterocycles. The molecule has 1 unspecified atom stereocenters. The van der Waals surface area contributed by atoms with Crippen molar-refractivity contribution in [3.63, 3.8) is 0 Å². The van der Waals surface area contributed by atoms with Crippen LogP contribution < -0.4 is 0 Å². The fourth-order valence-electron chi connectivity index (χ4n) is 1.72. The van der Waals surface area contributed by atoms with E-state index in [9.17, 15) is 13.2 Å². The normalized spacial score (nSPS) is 20.9. The first-order chi connectivity index (χ1) is 7.91. The molecule has 2 rings (SSSR count). The molecule has 1 aliphatic rings. The van der Waals surface area contributed by atoms with Gasteiger partial charge in [0.05, 0.1) is 0 Å². The first-order valence-electron chi connectivity index (χ1n) is 5.08. The molecule has 1 aromatic heterocycles. The fraction of sp³-hybridized carbons (Fsp3) is 0.400. The van der Waals surface area contributed by atoms with Crippen molar-refractivity contribution in [3.8, 4) is 0 Å². The molecule has 0 saturated carbocycles. The standard InChI is InChI=1S/C10H11ClN2O3S/c1-7-4-10(14)13(6-7)17(15,16)8-2-3-9(11)12-5-8/h2-3,5,7H,4,6H2,1H3. The summed E-state index contributed by atoms with van der Waals surface area (Å²) in [6.45, 7) is 2.07. The van der Waals surface area contributed by atoms with Crippen molar-refractivity contribution in [2.24, 2.45) is 5.92 Å². The van der Waals surface area contributed by atoms with Crippen molar-refractivity contribution in [2.45, 2.75) is 18.2 Å². The molecule has 17 heavy (non-hydrogen) atoms. The number of nitrogens with zero attached hydrogens (tertiary/aromatic N) is 2. The van der Waals surface area contributed by atoms with Crippen LogP contribution in [0, 0.1) is 5.92 Å². The third-order valence-electron chi connectivity index (χ3n) is 2.57. The molecule has 0 aliphatic carbocycles. The predicted octanol–water partition coefficient (Wildman–Crippen LogP) is 1.29. The lowest BCUT2D eigenvalue weighted by Gasteiger charge is -2.16. The summed E-state index contributed by atoms with van der Waals surface area (Å²) >= 11 is 5.59. The molecule has 1 saturated heterocycles. The van der Waals surface area contributed by atoms with Crippen LogP contribution >= 0.6 is 11.6 Å². The zero-order valence-corrected chi connectivity index (χ0v) is 10.7. The van der Waals surface area contributed by atoms with E-state index in [1.807, 2.05) is 6.92 Å². The second-order valence-electron chi connectivity index (χ2n) is 4.06. The van der Waals surface area contributed by atoms with Crippen molar-refractivity contribution in [3.05, 3.63) is 23.5 Å². The van der Waals surface area contributed by atoms with Gasteiger partial charge in [0.15, 0.2) is 0 Å². The molecule has 1 aliphatic heterocycles. The third kappa shape index (κ3) is 2.28. The maximum atomic E-state index is 12.1. The number of sulfonamides is 1. The maximum absolute atomic E-state index is 12.1. The zero-order chi connectivity index (χ0) is 12.6. The van der Waals surface area contributed by atoms with Gasteiger partial charge in [-0.2, -0.15) is 0 Å². The number of rotatable bonds is 2. The molecule has 7 heteroatoms. The van der Waals surface area contributed by atoms with Crippen molar-refractivity contribution in [2.75, 3.05) is 6.54 Å². The van der Waals surface area contributed by atoms with Gasteiger partial charge in [-0.3, -0.25) is 4.79 Å². The van der Waals surface area contributed by atoms with E-state index in [2.05, 4.69) is 4.98 Å². The molecule has 1 aromatic rings. The molecule has 1 amide bonds. The van der Waals surface area contributed by atoms with Crippen LogP contribution in [-0.2, 0) is 14.8 Å². The highest BCUT2D eigenvalue weighted by Crippen LogP contribution is 2.25. The molecule has 1 fully saturated rings. The Balaban J connectivity index is 2.37. The SMILES string of the molecule is CC1CC(=O)N(S(=O)(=O)c2ccc(Cl)nc2)C1. The van der Waals surface area contributed by atoms with E-state index in [-0.39, 0.29) is 34.8 Å². The topological polar surface area (TPSA) is 67.3 Å². The lowest BCUT2D eigenvalue weighted by atomic mass is 10.2. The van der Waals surface area contributed by atoms with Crippen molar-refractivity contribution in [1.82, 2.24) is 9.29 Å². The summed E-state index contributed by atoms with van der Waals surface area (Å²) in [5, 5.41) is 0.213. The minimum absolute atomic E-state index is 0.00986. The quantitative estimate of drug-likeness (QED) is 0.762. The van der Waals surface area contributed by atoms with Gasteiger partial charge in [0.1, 0.15) is 10.0 Å². The molecule has 1 atom stereocenters. The lowest BCUT2D eigenvalue weighted by molar-refractivity contribution is -0.123. The minimum atomic E-state index is -3.77. The van der Waals surface area contributed by atoms with Gasteiger partial charge < -0.3 is 0 Å². The van der Waals surface area contributed by atoms with Crippen LogP contribution in [0.1, 0.15) is 13.3 Å². The number of amides is 1. The molecule has 92 valence electrons. The average molecular weight is 275 g/mol. The van der Waals surface area contributed by atoms with Gasteiger partial charge in [-0.1, -0.05) is 18.5 Å². The Morgan fingerprint density at radius 1 is 1.47 bits per heavy atom. The lowest BCUT2D eigenvalue weighted by Crippen LogP contribution is -2.32. The van der Waals surface area contributed by atoms with E-state index >= 15 is 0 Å². The number of pyridine rings is 1. The van der Waals surface area contributed by atoms with Gasteiger partial charge in [-0.25, -0.2) is 17.7 Å². The zero-order valence-electron chi connectivity index (χ0n) is 9.13. The van der Waals surface area contributed by atoms with Crippen molar-refractivity contribution < 1.29 is 13.2 Å². The van der Waals surface area contributed by atoms with Gasteiger partial charge in [-0.05, 0) is 18.1 Å². The molecule has 0 spiro atoms. The van der Waals surface area contributed by atoms with E-state index in [4.69, 9.17) is 11.6 Å². The fourth-order valence-corrected chi connectivity index (χ4v) is 3.31. The van der Waals surface area contributed by atoms with Crippen molar-refractivity contribution in [1.29, 1.82) is 0 Å². The van der Waals surface area contributed by atoms with E-state index in [1.165, 1.54) is 12.1 Å². The highest BCUT2D eigenvalue weighted by Gasteiger charge is 2.36. The molecule has 5 nitrogen and oxygen atoms in total. The highest BCUT2D eigenvalue weighted by molar-refractivity contribution is 7.89. The van der Waals surface area contributed by atoms with Crippen LogP contribution in [0.4, 0.5) is 0 Å². The largest absolute Gasteiger partial charge is 0.274 e. The van der Waals surface area contributed by atoms with Crippen LogP contribution in [0.3, 0.4) is 0 Å². The van der Waals surface area contributed by atoms with Crippen LogP contribution in [0.5, 0.6) is 0 Å². The van der Waals surface area contributed by atoms with Crippen LogP contribution in [0.25, 0.3) is 0 Å². The molecular formula is C10H11ClN2O3S. The summed E-state index contributed by atoms with van der Waals surface area (Å²) in [5.41, 5.74) is 0. The summed E-state index contributed by atoms with van der Waals surface area (Å²) in [6, 6.07) is 2.74. The first-order valence-corrected chi connectivity index (χ1v) is 6.90. The summed E-state index contributed by atoms with van der Waals surface area (Å²) in [7, 11) is -3.77. The van der Waals surface area contributed by atoms with Crippen LogP contribution in [-0.4, -0.2) is 30.2 Å². The average Bonchev–Trinajstić information content (AvgIpc) is 2.59. The number of hydrogen-bond acceptors (Lipinski definition) is 4. The van der Waals surface area contributed by atoms with Gasteiger partial charge in [0.2, 0.25) is 5.91 Å². The van der Waals surface area contributed by atoms with Crippen LogP contribution in [0.15, 0.2) is 23.2 Å². The Kier molecular flexibility index (Phi) is 3.09. The minimum Gasteiger partial charge on any atom is -0.274 e. The third-order valence-corrected chi connectivity index (χ3v) is 4.56. The maximum Gasteiger partial charge on any atom is 0.268 e. The first kappa shape index (κ1) is 12.3. The second-order valence-corrected chi connectivity index (χ2v) is 6.31. The summed E-state index contributed by atoms with van der Waals surface area (Å²) < 4.78 is 25.2. The molecule has 0 bridgehead atoms. The summed E-state index contributed by atoms with van der Waals surface area (Å²) in [4.78, 5) is 15.3. The highest BCUT2D eigenvalue weighted by atomic mass is 35.5. The Labute approximate surface area is 104 Å². The van der Waals surface area contributed by atoms with Gasteiger partial charge >= 0.3 is 0 Å².